The van der Waals surface area contributed by atoms with E-state index >= 15 is 0 Å². The van der Waals surface area contributed by atoms with E-state index in [2.05, 4.69) is 61.4 Å². The maximum atomic E-state index is 12.9. The van der Waals surface area contributed by atoms with Crippen LogP contribution in [0.15, 0.2) is 73.3 Å². The van der Waals surface area contributed by atoms with Gasteiger partial charge in [-0.15, -0.1) is 0 Å². The van der Waals surface area contributed by atoms with Crippen molar-refractivity contribution >= 4 is 23.2 Å². The van der Waals surface area contributed by atoms with Gasteiger partial charge in [-0.3, -0.25) is 14.8 Å². The topological polar surface area (TPSA) is 95.9 Å². The first-order valence-electron chi connectivity index (χ1n) is 12.6. The summed E-state index contributed by atoms with van der Waals surface area (Å²) in [6.07, 6.45) is 7.99. The lowest BCUT2D eigenvalue weighted by molar-refractivity contribution is 0.102. The molecular formula is C29H31N7O. The molecule has 8 heteroatoms. The van der Waals surface area contributed by atoms with Crippen molar-refractivity contribution in [2.75, 3.05) is 23.7 Å². The summed E-state index contributed by atoms with van der Waals surface area (Å²) in [5.41, 5.74) is 5.64. The molecule has 0 radical (unpaired) electrons. The van der Waals surface area contributed by atoms with Crippen LogP contribution < -0.4 is 10.6 Å². The van der Waals surface area contributed by atoms with Crippen LogP contribution in [-0.4, -0.2) is 49.9 Å². The number of amides is 1. The molecule has 3 aromatic heterocycles. The molecular weight excluding hydrogens is 462 g/mol. The summed E-state index contributed by atoms with van der Waals surface area (Å²) >= 11 is 0. The number of pyridine rings is 2. The molecule has 1 atom stereocenters. The number of carbonyl (C=O) groups excluding carboxylic acids is 1. The zero-order valence-corrected chi connectivity index (χ0v) is 21.3. The maximum Gasteiger partial charge on any atom is 0.255 e. The minimum atomic E-state index is -0.173. The molecule has 4 aromatic rings. The molecule has 1 fully saturated rings. The number of anilines is 3. The number of aromatic nitrogens is 4. The van der Waals surface area contributed by atoms with Crippen molar-refractivity contribution in [3.63, 3.8) is 0 Å². The fourth-order valence-electron chi connectivity index (χ4n) is 4.58. The van der Waals surface area contributed by atoms with Gasteiger partial charge in [-0.2, -0.15) is 0 Å². The van der Waals surface area contributed by atoms with Gasteiger partial charge >= 0.3 is 0 Å². The Hall–Kier alpha value is -4.17. The largest absolute Gasteiger partial charge is 0.322 e. The van der Waals surface area contributed by atoms with E-state index in [1.54, 1.807) is 24.8 Å². The Balaban J connectivity index is 1.26. The molecule has 1 unspecified atom stereocenters. The van der Waals surface area contributed by atoms with Crippen LogP contribution in [0.1, 0.15) is 47.8 Å². The molecule has 0 bridgehead atoms. The summed E-state index contributed by atoms with van der Waals surface area (Å²) in [4.78, 5) is 33.0. The fraction of sp³-hybridized carbons (Fsp3) is 0.276. The van der Waals surface area contributed by atoms with Crippen molar-refractivity contribution in [2.45, 2.75) is 39.2 Å². The molecule has 0 saturated carbocycles. The molecule has 188 valence electrons. The van der Waals surface area contributed by atoms with Gasteiger partial charge in [0.15, 0.2) is 0 Å². The standard InChI is InChI=1S/C29H31N7O/c1-19(2)36-14-11-24(18-36)21-6-8-22(9-7-21)28(37)33-25-15-27(20(3)32-17-25)35-29-31-13-10-26(34-29)23-5-4-12-30-16-23/h4-10,12-13,15-17,19,24H,11,14,18H2,1-3H3,(H,33,37)(H,31,34,35). The van der Waals surface area contributed by atoms with Crippen molar-refractivity contribution in [3.8, 4) is 11.3 Å². The van der Waals surface area contributed by atoms with Crippen molar-refractivity contribution in [2.24, 2.45) is 0 Å². The summed E-state index contributed by atoms with van der Waals surface area (Å²) in [5, 5.41) is 6.19. The maximum absolute atomic E-state index is 12.9. The molecule has 1 aliphatic heterocycles. The molecule has 1 saturated heterocycles. The van der Waals surface area contributed by atoms with Gasteiger partial charge in [0, 0.05) is 42.3 Å². The third-order valence-electron chi connectivity index (χ3n) is 6.80. The predicted molar refractivity (Wildman–Crippen MR) is 146 cm³/mol. The summed E-state index contributed by atoms with van der Waals surface area (Å²) in [6, 6.07) is 16.0. The Morgan fingerprint density at radius 2 is 1.89 bits per heavy atom. The van der Waals surface area contributed by atoms with E-state index in [9.17, 15) is 4.79 Å². The minimum Gasteiger partial charge on any atom is -0.322 e. The highest BCUT2D eigenvalue weighted by atomic mass is 16.1. The highest BCUT2D eigenvalue weighted by Crippen LogP contribution is 2.29. The van der Waals surface area contributed by atoms with Crippen molar-refractivity contribution in [3.05, 3.63) is 90.1 Å². The Labute approximate surface area is 217 Å². The van der Waals surface area contributed by atoms with Crippen molar-refractivity contribution < 1.29 is 4.79 Å². The monoisotopic (exact) mass is 493 g/mol. The Morgan fingerprint density at radius 3 is 2.62 bits per heavy atom. The summed E-state index contributed by atoms with van der Waals surface area (Å²) < 4.78 is 0. The molecule has 0 aliphatic carbocycles. The molecule has 0 spiro atoms. The number of benzene rings is 1. The van der Waals surface area contributed by atoms with Gasteiger partial charge in [-0.1, -0.05) is 12.1 Å². The Kier molecular flexibility index (Phi) is 7.18. The third kappa shape index (κ3) is 5.81. The van der Waals surface area contributed by atoms with Crippen LogP contribution in [0.25, 0.3) is 11.3 Å². The van der Waals surface area contributed by atoms with Crippen LogP contribution >= 0.6 is 0 Å². The van der Waals surface area contributed by atoms with Gasteiger partial charge in [0.2, 0.25) is 5.95 Å². The SMILES string of the molecule is Cc1ncc(NC(=O)c2ccc(C3CCN(C(C)C)C3)cc2)cc1Nc1nccc(-c2cccnc2)n1. The minimum absolute atomic E-state index is 0.173. The second kappa shape index (κ2) is 10.8. The Morgan fingerprint density at radius 1 is 1.05 bits per heavy atom. The number of carbonyl (C=O) groups is 1. The zero-order valence-electron chi connectivity index (χ0n) is 21.3. The number of hydrogen-bond acceptors (Lipinski definition) is 7. The first-order chi connectivity index (χ1) is 18.0. The second-order valence-electron chi connectivity index (χ2n) is 9.64. The van der Waals surface area contributed by atoms with Crippen LogP contribution in [0.5, 0.6) is 0 Å². The summed E-state index contributed by atoms with van der Waals surface area (Å²) in [5.74, 6) is 0.787. The molecule has 1 aliphatic rings. The first kappa shape index (κ1) is 24.5. The first-order valence-corrected chi connectivity index (χ1v) is 12.6. The van der Waals surface area contributed by atoms with Gasteiger partial charge in [0.05, 0.1) is 29.0 Å². The lowest BCUT2D eigenvalue weighted by Crippen LogP contribution is -2.27. The van der Waals surface area contributed by atoms with Crippen LogP contribution in [0.3, 0.4) is 0 Å². The highest BCUT2D eigenvalue weighted by Gasteiger charge is 2.25. The lowest BCUT2D eigenvalue weighted by atomic mass is 9.97. The summed E-state index contributed by atoms with van der Waals surface area (Å²) in [6.45, 7) is 8.57. The van der Waals surface area contributed by atoms with Gasteiger partial charge in [0.1, 0.15) is 0 Å². The van der Waals surface area contributed by atoms with Crippen LogP contribution in [-0.2, 0) is 0 Å². The van der Waals surface area contributed by atoms with Crippen LogP contribution in [0.2, 0.25) is 0 Å². The normalized spacial score (nSPS) is 15.6. The number of aryl methyl sites for hydroxylation is 1. The predicted octanol–water partition coefficient (Wildman–Crippen LogP) is 5.44. The van der Waals surface area contributed by atoms with E-state index in [1.807, 2.05) is 43.3 Å². The van der Waals surface area contributed by atoms with E-state index in [-0.39, 0.29) is 5.91 Å². The van der Waals surface area contributed by atoms with Gasteiger partial charge in [-0.05, 0) is 81.6 Å². The van der Waals surface area contributed by atoms with E-state index in [4.69, 9.17) is 0 Å². The smallest absolute Gasteiger partial charge is 0.255 e. The zero-order chi connectivity index (χ0) is 25.8. The number of hydrogen-bond donors (Lipinski definition) is 2. The second-order valence-corrected chi connectivity index (χ2v) is 9.64. The number of rotatable bonds is 7. The van der Waals surface area contributed by atoms with Crippen molar-refractivity contribution in [1.29, 1.82) is 0 Å². The van der Waals surface area contributed by atoms with Gasteiger partial charge < -0.3 is 15.5 Å². The average molecular weight is 494 g/mol. The average Bonchev–Trinajstić information content (AvgIpc) is 3.42. The highest BCUT2D eigenvalue weighted by molar-refractivity contribution is 6.04. The molecule has 1 amide bonds. The van der Waals surface area contributed by atoms with Crippen LogP contribution in [0, 0.1) is 6.92 Å². The molecule has 2 N–H and O–H groups in total. The van der Waals surface area contributed by atoms with E-state index in [0.29, 0.717) is 34.8 Å². The number of nitrogens with zero attached hydrogens (tertiary/aromatic N) is 5. The van der Waals surface area contributed by atoms with Gasteiger partial charge in [0.25, 0.3) is 5.91 Å². The molecule has 1 aromatic carbocycles. The summed E-state index contributed by atoms with van der Waals surface area (Å²) in [7, 11) is 0. The molecule has 4 heterocycles. The number of nitrogens with one attached hydrogen (secondary N) is 2. The molecule has 8 nitrogen and oxygen atoms in total. The lowest BCUT2D eigenvalue weighted by Gasteiger charge is -2.20. The third-order valence-corrected chi connectivity index (χ3v) is 6.80. The fourth-order valence-corrected chi connectivity index (χ4v) is 4.58. The molecule has 37 heavy (non-hydrogen) atoms. The van der Waals surface area contributed by atoms with Crippen LogP contribution in [0.4, 0.5) is 17.3 Å². The van der Waals surface area contributed by atoms with E-state index in [0.717, 1.165) is 36.5 Å². The Bertz CT molecular complexity index is 1370. The van der Waals surface area contributed by atoms with E-state index < -0.39 is 0 Å². The van der Waals surface area contributed by atoms with Gasteiger partial charge in [-0.25, -0.2) is 9.97 Å². The van der Waals surface area contributed by atoms with Crippen molar-refractivity contribution in [1.82, 2.24) is 24.8 Å². The number of likely N-dealkylation sites (tertiary alicyclic amines) is 1. The van der Waals surface area contributed by atoms with E-state index in [1.165, 1.54) is 5.56 Å². The quantitative estimate of drug-likeness (QED) is 0.354. The molecule has 5 rings (SSSR count).